The van der Waals surface area contributed by atoms with E-state index in [1.165, 1.54) is 180 Å². The lowest BCUT2D eigenvalue weighted by Gasteiger charge is -2.24. The molecule has 0 rings (SSSR count). The van der Waals surface area contributed by atoms with Gasteiger partial charge in [0, 0.05) is 45.6 Å². The van der Waals surface area contributed by atoms with Crippen molar-refractivity contribution in [3.8, 4) is 0 Å². The quantitative estimate of drug-likeness (QED) is 0.0593. The number of hydrogen-bond acceptors (Lipinski definition) is 6. The number of amides is 2. The molecule has 0 aromatic heterocycles. The van der Waals surface area contributed by atoms with Crippen molar-refractivity contribution < 1.29 is 23.8 Å². The number of hydrogen-bond donors (Lipinski definition) is 2. The van der Waals surface area contributed by atoms with Gasteiger partial charge in [-0.25, -0.2) is 0 Å². The van der Waals surface area contributed by atoms with E-state index in [-0.39, 0.29) is 17.9 Å². The second kappa shape index (κ2) is 47.3. The molecule has 0 saturated carbocycles. The molecule has 0 aliphatic heterocycles. The van der Waals surface area contributed by atoms with Gasteiger partial charge in [-0.05, 0) is 51.0 Å². The maximum atomic E-state index is 13.0. The lowest BCUT2D eigenvalue weighted by molar-refractivity contribution is -0.125. The third-order valence-corrected chi connectivity index (χ3v) is 12.3. The summed E-state index contributed by atoms with van der Waals surface area (Å²) in [5.74, 6) is 1.28. The minimum atomic E-state index is -0.186. The molecule has 0 radical (unpaired) electrons. The van der Waals surface area contributed by atoms with E-state index < -0.39 is 0 Å². The second-order valence-electron chi connectivity index (χ2n) is 18.4. The van der Waals surface area contributed by atoms with Crippen molar-refractivity contribution >= 4 is 11.8 Å². The van der Waals surface area contributed by atoms with Crippen molar-refractivity contribution in [2.75, 3.05) is 66.3 Å². The van der Waals surface area contributed by atoms with Crippen LogP contribution in [0.5, 0.6) is 0 Å². The van der Waals surface area contributed by atoms with Crippen LogP contribution >= 0.6 is 0 Å². The molecule has 0 aliphatic carbocycles. The van der Waals surface area contributed by atoms with Gasteiger partial charge < -0.3 is 29.7 Å². The van der Waals surface area contributed by atoms with Gasteiger partial charge in [-0.2, -0.15) is 0 Å². The Morgan fingerprint density at radius 1 is 0.450 bits per heavy atom. The van der Waals surface area contributed by atoms with Gasteiger partial charge in [0.25, 0.3) is 0 Å². The monoisotopic (exact) mass is 852 g/mol. The number of carbonyl (C=O) groups excluding carboxylic acids is 2. The molecule has 0 bridgehead atoms. The zero-order chi connectivity index (χ0) is 44.0. The second-order valence-corrected chi connectivity index (χ2v) is 18.4. The summed E-state index contributed by atoms with van der Waals surface area (Å²) in [7, 11) is 2.08. The highest BCUT2D eigenvalue weighted by atomic mass is 16.5. The van der Waals surface area contributed by atoms with Gasteiger partial charge in [0.05, 0.1) is 32.5 Å². The predicted octanol–water partition coefficient (Wildman–Crippen LogP) is 13.4. The largest absolute Gasteiger partial charge is 0.380 e. The Morgan fingerprint density at radius 3 is 1.25 bits per heavy atom. The van der Waals surface area contributed by atoms with E-state index in [1.54, 1.807) is 0 Å². The topological polar surface area (TPSA) is 89.1 Å². The van der Waals surface area contributed by atoms with Crippen molar-refractivity contribution in [1.29, 1.82) is 0 Å². The van der Waals surface area contributed by atoms with E-state index >= 15 is 0 Å². The van der Waals surface area contributed by atoms with Crippen molar-refractivity contribution in [3.63, 3.8) is 0 Å². The molecule has 358 valence electrons. The molecule has 1 atom stereocenters. The number of likely N-dealkylation sites (N-methyl/N-ethyl adjacent to an activating group) is 1. The summed E-state index contributed by atoms with van der Waals surface area (Å²) in [4.78, 5) is 28.2. The highest BCUT2D eigenvalue weighted by Gasteiger charge is 2.17. The van der Waals surface area contributed by atoms with Crippen LogP contribution in [-0.4, -0.2) is 89.1 Å². The molecule has 2 amide bonds. The van der Waals surface area contributed by atoms with Crippen molar-refractivity contribution in [2.24, 2.45) is 11.8 Å². The Morgan fingerprint density at radius 2 is 0.833 bits per heavy atom. The molecular weight excluding hydrogens is 747 g/mol. The smallest absolute Gasteiger partial charge is 0.222 e. The first-order valence-corrected chi connectivity index (χ1v) is 26.4. The fourth-order valence-corrected chi connectivity index (χ4v) is 8.10. The molecule has 0 spiro atoms. The maximum absolute atomic E-state index is 13.0. The molecule has 0 heterocycles. The van der Waals surface area contributed by atoms with Crippen LogP contribution in [0.1, 0.15) is 240 Å². The van der Waals surface area contributed by atoms with Gasteiger partial charge in [0.2, 0.25) is 11.8 Å². The molecule has 60 heavy (non-hydrogen) atoms. The number of nitrogens with zero attached hydrogens (tertiary/aromatic N) is 1. The van der Waals surface area contributed by atoms with Gasteiger partial charge in [0.15, 0.2) is 0 Å². The molecule has 0 aromatic rings. The van der Waals surface area contributed by atoms with Crippen molar-refractivity contribution in [1.82, 2.24) is 15.5 Å². The zero-order valence-electron chi connectivity index (χ0n) is 41.2. The van der Waals surface area contributed by atoms with Gasteiger partial charge in [-0.3, -0.25) is 9.59 Å². The van der Waals surface area contributed by atoms with Crippen LogP contribution in [0, 0.1) is 11.8 Å². The van der Waals surface area contributed by atoms with Crippen LogP contribution in [0.15, 0.2) is 0 Å². The Hall–Kier alpha value is -1.22. The lowest BCUT2D eigenvalue weighted by atomic mass is 9.94. The third-order valence-electron chi connectivity index (χ3n) is 12.3. The molecule has 8 heteroatoms. The minimum absolute atomic E-state index is 0.0752. The van der Waals surface area contributed by atoms with Crippen molar-refractivity contribution in [3.05, 3.63) is 0 Å². The molecule has 2 N–H and O–H groups in total. The van der Waals surface area contributed by atoms with Crippen LogP contribution in [0.2, 0.25) is 0 Å². The number of rotatable bonds is 49. The predicted molar refractivity (Wildman–Crippen MR) is 258 cm³/mol. The maximum Gasteiger partial charge on any atom is 0.222 e. The van der Waals surface area contributed by atoms with Crippen LogP contribution < -0.4 is 10.6 Å². The standard InChI is InChI=1S/C52H105N3O5/c1-7-12-17-21-25-29-33-48(34-30-26-22-18-13-8-2)44-53-51(56)37-41-59-47-50(46-55(6)39-43-58-40-16-11-5)60-42-38-52(57)54-45-49(35-31-27-23-19-14-9-3)36-32-28-24-20-15-10-4/h48-50H,7-47H2,1-6H3,(H,53,56)(H,54,57). The molecule has 0 aromatic carbocycles. The van der Waals surface area contributed by atoms with Crippen LogP contribution in [-0.2, 0) is 23.8 Å². The average Bonchev–Trinajstić information content (AvgIpc) is 3.24. The summed E-state index contributed by atoms with van der Waals surface area (Å²) in [5.41, 5.74) is 0. The van der Waals surface area contributed by atoms with E-state index in [9.17, 15) is 9.59 Å². The summed E-state index contributed by atoms with van der Waals surface area (Å²) in [6.45, 7) is 16.9. The van der Waals surface area contributed by atoms with Gasteiger partial charge in [0.1, 0.15) is 0 Å². The van der Waals surface area contributed by atoms with E-state index in [1.807, 2.05) is 0 Å². The van der Waals surface area contributed by atoms with Crippen LogP contribution in [0.3, 0.4) is 0 Å². The summed E-state index contributed by atoms with van der Waals surface area (Å²) in [6.07, 6.45) is 39.1. The number of ether oxygens (including phenoxy) is 3. The fraction of sp³-hybridized carbons (Fsp3) is 0.962. The summed E-state index contributed by atoms with van der Waals surface area (Å²) >= 11 is 0. The number of unbranched alkanes of at least 4 members (excludes halogenated alkanes) is 21. The molecular formula is C52H105N3O5. The first-order chi connectivity index (χ1) is 29.4. The van der Waals surface area contributed by atoms with Gasteiger partial charge in [-0.15, -0.1) is 0 Å². The van der Waals surface area contributed by atoms with E-state index in [0.717, 1.165) is 39.1 Å². The molecule has 0 saturated heterocycles. The Kier molecular flexibility index (Phi) is 46.3. The molecule has 0 aliphatic rings. The first-order valence-electron chi connectivity index (χ1n) is 26.4. The summed E-state index contributed by atoms with van der Waals surface area (Å²) < 4.78 is 18.2. The van der Waals surface area contributed by atoms with Gasteiger partial charge >= 0.3 is 0 Å². The van der Waals surface area contributed by atoms with Crippen LogP contribution in [0.25, 0.3) is 0 Å². The minimum Gasteiger partial charge on any atom is -0.380 e. The molecule has 1 unspecified atom stereocenters. The highest BCUT2D eigenvalue weighted by molar-refractivity contribution is 5.76. The van der Waals surface area contributed by atoms with Crippen molar-refractivity contribution in [2.45, 2.75) is 246 Å². The zero-order valence-corrected chi connectivity index (χ0v) is 41.2. The molecule has 0 fully saturated rings. The molecule has 8 nitrogen and oxygen atoms in total. The Balaban J connectivity index is 4.95. The fourth-order valence-electron chi connectivity index (χ4n) is 8.10. The van der Waals surface area contributed by atoms with E-state index in [0.29, 0.717) is 57.6 Å². The van der Waals surface area contributed by atoms with E-state index in [2.05, 4.69) is 57.2 Å². The summed E-state index contributed by atoms with van der Waals surface area (Å²) in [5, 5.41) is 6.53. The van der Waals surface area contributed by atoms with Gasteiger partial charge in [-0.1, -0.05) is 195 Å². The first kappa shape index (κ1) is 58.8. The normalized spacial score (nSPS) is 12.3. The average molecular weight is 852 g/mol. The Labute approximate surface area is 374 Å². The van der Waals surface area contributed by atoms with Crippen LogP contribution in [0.4, 0.5) is 0 Å². The Bertz CT molecular complexity index is 860. The summed E-state index contributed by atoms with van der Waals surface area (Å²) in [6, 6.07) is 0. The lowest BCUT2D eigenvalue weighted by Crippen LogP contribution is -2.37. The number of carbonyl (C=O) groups is 2. The highest BCUT2D eigenvalue weighted by Crippen LogP contribution is 2.20. The number of nitrogens with one attached hydrogen (secondary N) is 2. The third kappa shape index (κ3) is 42.1. The SMILES string of the molecule is CCCCCCCCC(CCCCCCCC)CNC(=O)CCOCC(CN(C)CCOCCCC)OCCC(=O)NCC(CCCCCCCC)CCCCCCCC. The van der Waals surface area contributed by atoms with E-state index in [4.69, 9.17) is 14.2 Å².